The van der Waals surface area contributed by atoms with E-state index in [2.05, 4.69) is 25.9 Å². The molecule has 2 aromatic carbocycles. The molecular formula is C21H22N6O4S. The normalized spacial score (nSPS) is 14.7. The van der Waals surface area contributed by atoms with Crippen LogP contribution in [0, 0.1) is 6.92 Å². The van der Waals surface area contributed by atoms with Crippen molar-refractivity contribution in [3.63, 3.8) is 0 Å². The van der Waals surface area contributed by atoms with E-state index in [9.17, 15) is 13.2 Å². The zero-order chi connectivity index (χ0) is 23.1. The molecule has 0 bridgehead atoms. The van der Waals surface area contributed by atoms with Gasteiger partial charge >= 0.3 is 0 Å². The van der Waals surface area contributed by atoms with Gasteiger partial charge in [-0.1, -0.05) is 6.07 Å². The molecule has 1 aliphatic rings. The van der Waals surface area contributed by atoms with Gasteiger partial charge in [-0.3, -0.25) is 4.79 Å². The number of aryl methyl sites for hydroxylation is 1. The van der Waals surface area contributed by atoms with E-state index >= 15 is 0 Å². The number of nitrogens with two attached hydrogens (primary N) is 1. The van der Waals surface area contributed by atoms with Gasteiger partial charge in [0.2, 0.25) is 16.0 Å². The third-order valence-electron chi connectivity index (χ3n) is 4.79. The Morgan fingerprint density at radius 2 is 1.84 bits per heavy atom. The number of sulfonamides is 1. The Morgan fingerprint density at radius 1 is 1.09 bits per heavy atom. The quantitative estimate of drug-likeness (QED) is 0.460. The molecule has 0 aliphatic carbocycles. The van der Waals surface area contributed by atoms with Gasteiger partial charge in [0.1, 0.15) is 11.6 Å². The van der Waals surface area contributed by atoms with E-state index in [0.717, 1.165) is 5.56 Å². The molecule has 0 fully saturated rings. The SMILES string of the molecule is Cc1cnc(Nc2cccc(S(N)(=O)=O)c2)nc1Nc1ccc2c(c1)NC(=O)C(C)(C)O2. The van der Waals surface area contributed by atoms with E-state index in [1.807, 2.05) is 13.0 Å². The van der Waals surface area contributed by atoms with Crippen LogP contribution >= 0.6 is 0 Å². The molecule has 0 spiro atoms. The molecule has 4 rings (SSSR count). The lowest BCUT2D eigenvalue weighted by Crippen LogP contribution is -2.45. The number of nitrogens with zero attached hydrogens (tertiary/aromatic N) is 2. The summed E-state index contributed by atoms with van der Waals surface area (Å²) in [6.07, 6.45) is 1.63. The highest BCUT2D eigenvalue weighted by atomic mass is 32.2. The van der Waals surface area contributed by atoms with E-state index in [1.165, 1.54) is 12.1 Å². The summed E-state index contributed by atoms with van der Waals surface area (Å²) in [4.78, 5) is 20.9. The number of primary sulfonamides is 1. The molecule has 3 aromatic rings. The summed E-state index contributed by atoms with van der Waals surface area (Å²) in [5.41, 5.74) is 1.57. The van der Waals surface area contributed by atoms with Gasteiger partial charge in [-0.2, -0.15) is 4.98 Å². The number of amides is 1. The third-order valence-corrected chi connectivity index (χ3v) is 5.70. The van der Waals surface area contributed by atoms with Crippen molar-refractivity contribution >= 4 is 44.8 Å². The molecule has 1 aromatic heterocycles. The van der Waals surface area contributed by atoms with E-state index < -0.39 is 15.6 Å². The van der Waals surface area contributed by atoms with Crippen molar-refractivity contribution in [2.24, 2.45) is 5.14 Å². The number of hydrogen-bond acceptors (Lipinski definition) is 8. The van der Waals surface area contributed by atoms with Crippen molar-refractivity contribution in [2.75, 3.05) is 16.0 Å². The summed E-state index contributed by atoms with van der Waals surface area (Å²) < 4.78 is 28.9. The molecule has 0 unspecified atom stereocenters. The number of aromatic nitrogens is 2. The lowest BCUT2D eigenvalue weighted by molar-refractivity contribution is -0.129. The Hall–Kier alpha value is -3.70. The first-order chi connectivity index (χ1) is 15.0. The van der Waals surface area contributed by atoms with Crippen molar-refractivity contribution < 1.29 is 17.9 Å². The number of hydrogen-bond donors (Lipinski definition) is 4. The van der Waals surface area contributed by atoms with E-state index in [1.54, 1.807) is 44.3 Å². The van der Waals surface area contributed by atoms with Crippen LogP contribution in [0.1, 0.15) is 19.4 Å². The molecular weight excluding hydrogens is 432 g/mol. The minimum Gasteiger partial charge on any atom is -0.476 e. The third kappa shape index (κ3) is 4.48. The molecule has 2 heterocycles. The van der Waals surface area contributed by atoms with Crippen LogP contribution in [0.3, 0.4) is 0 Å². The minimum atomic E-state index is -3.83. The molecule has 0 atom stereocenters. The fraction of sp³-hybridized carbons (Fsp3) is 0.190. The van der Waals surface area contributed by atoms with Crippen LogP contribution in [0.2, 0.25) is 0 Å². The maximum absolute atomic E-state index is 12.2. The van der Waals surface area contributed by atoms with Gasteiger partial charge in [-0.05, 0) is 57.2 Å². The first-order valence-corrected chi connectivity index (χ1v) is 11.2. The van der Waals surface area contributed by atoms with Gasteiger partial charge in [0.05, 0.1) is 10.6 Å². The molecule has 0 saturated heterocycles. The van der Waals surface area contributed by atoms with Crippen molar-refractivity contribution in [3.8, 4) is 5.75 Å². The second-order valence-electron chi connectivity index (χ2n) is 7.83. The fourth-order valence-electron chi connectivity index (χ4n) is 3.03. The molecule has 11 heteroatoms. The van der Waals surface area contributed by atoms with Crippen LogP contribution in [0.5, 0.6) is 5.75 Å². The number of nitrogens with one attached hydrogen (secondary N) is 3. The average Bonchev–Trinajstić information content (AvgIpc) is 2.71. The maximum atomic E-state index is 12.2. The second kappa shape index (κ2) is 7.77. The number of carbonyl (C=O) groups excluding carboxylic acids is 1. The summed E-state index contributed by atoms with van der Waals surface area (Å²) in [5, 5.41) is 14.2. The van der Waals surface area contributed by atoms with Crippen molar-refractivity contribution in [2.45, 2.75) is 31.3 Å². The van der Waals surface area contributed by atoms with Crippen molar-refractivity contribution in [3.05, 3.63) is 54.2 Å². The Bertz CT molecular complexity index is 1320. The van der Waals surface area contributed by atoms with Crippen LogP contribution in [0.4, 0.5) is 28.8 Å². The Balaban J connectivity index is 1.57. The summed E-state index contributed by atoms with van der Waals surface area (Å²) >= 11 is 0. The van der Waals surface area contributed by atoms with Gasteiger partial charge in [0, 0.05) is 23.1 Å². The number of fused-ring (bicyclic) bond motifs is 1. The van der Waals surface area contributed by atoms with Gasteiger partial charge in [-0.15, -0.1) is 0 Å². The van der Waals surface area contributed by atoms with Gasteiger partial charge in [0.15, 0.2) is 5.60 Å². The zero-order valence-corrected chi connectivity index (χ0v) is 18.4. The number of carbonyl (C=O) groups is 1. The predicted octanol–water partition coefficient (Wildman–Crippen LogP) is 3.03. The summed E-state index contributed by atoms with van der Waals surface area (Å²) in [6.45, 7) is 5.25. The number of ether oxygens (including phenoxy) is 1. The predicted molar refractivity (Wildman–Crippen MR) is 121 cm³/mol. The summed E-state index contributed by atoms with van der Waals surface area (Å²) in [6, 6.07) is 11.4. The fourth-order valence-corrected chi connectivity index (χ4v) is 3.59. The minimum absolute atomic E-state index is 0.0190. The van der Waals surface area contributed by atoms with E-state index in [-0.39, 0.29) is 16.8 Å². The number of anilines is 5. The Labute approximate surface area is 185 Å². The number of rotatable bonds is 5. The van der Waals surface area contributed by atoms with Crippen molar-refractivity contribution in [1.82, 2.24) is 9.97 Å². The molecule has 0 radical (unpaired) electrons. The van der Waals surface area contributed by atoms with Crippen LogP contribution in [0.25, 0.3) is 0 Å². The van der Waals surface area contributed by atoms with Crippen LogP contribution < -0.4 is 25.8 Å². The lowest BCUT2D eigenvalue weighted by Gasteiger charge is -2.31. The maximum Gasteiger partial charge on any atom is 0.268 e. The molecule has 5 N–H and O–H groups in total. The lowest BCUT2D eigenvalue weighted by atomic mass is 10.1. The number of benzene rings is 2. The molecule has 10 nitrogen and oxygen atoms in total. The van der Waals surface area contributed by atoms with Gasteiger partial charge in [0.25, 0.3) is 5.91 Å². The van der Waals surface area contributed by atoms with Crippen LogP contribution in [-0.4, -0.2) is 29.9 Å². The molecule has 1 amide bonds. The molecule has 0 saturated carbocycles. The molecule has 1 aliphatic heterocycles. The monoisotopic (exact) mass is 454 g/mol. The first kappa shape index (κ1) is 21.5. The smallest absolute Gasteiger partial charge is 0.268 e. The van der Waals surface area contributed by atoms with Crippen molar-refractivity contribution in [1.29, 1.82) is 0 Å². The van der Waals surface area contributed by atoms with E-state index in [4.69, 9.17) is 9.88 Å². The van der Waals surface area contributed by atoms with Crippen LogP contribution in [-0.2, 0) is 14.8 Å². The zero-order valence-electron chi connectivity index (χ0n) is 17.6. The van der Waals surface area contributed by atoms with E-state index in [0.29, 0.717) is 28.6 Å². The standard InChI is InChI=1S/C21H22N6O4S/c1-12-11-23-20(25-13-5-4-6-15(9-13)32(22,29)30)27-18(12)24-14-7-8-17-16(10-14)26-19(28)21(2,3)31-17/h4-11H,1-3H3,(H,26,28)(H2,22,29,30)(H2,23,24,25,27). The molecule has 166 valence electrons. The highest BCUT2D eigenvalue weighted by Crippen LogP contribution is 2.36. The second-order valence-corrected chi connectivity index (χ2v) is 9.39. The summed E-state index contributed by atoms with van der Waals surface area (Å²) in [5.74, 6) is 1.15. The largest absolute Gasteiger partial charge is 0.476 e. The summed E-state index contributed by atoms with van der Waals surface area (Å²) in [7, 11) is -3.83. The Kier molecular flexibility index (Phi) is 5.23. The highest BCUT2D eigenvalue weighted by Gasteiger charge is 2.35. The van der Waals surface area contributed by atoms with Crippen LogP contribution in [0.15, 0.2) is 53.6 Å². The first-order valence-electron chi connectivity index (χ1n) is 9.66. The average molecular weight is 455 g/mol. The molecule has 32 heavy (non-hydrogen) atoms. The Morgan fingerprint density at radius 3 is 2.59 bits per heavy atom. The van der Waals surface area contributed by atoms with Gasteiger partial charge < -0.3 is 20.7 Å². The topological polar surface area (TPSA) is 148 Å². The highest BCUT2D eigenvalue weighted by molar-refractivity contribution is 7.89. The van der Waals surface area contributed by atoms with Gasteiger partial charge in [-0.25, -0.2) is 18.5 Å².